The van der Waals surface area contributed by atoms with Gasteiger partial charge in [-0.2, -0.15) is 0 Å². The van der Waals surface area contributed by atoms with Crippen LogP contribution >= 0.6 is 0 Å². The van der Waals surface area contributed by atoms with E-state index < -0.39 is 5.97 Å². The molecule has 0 saturated carbocycles. The van der Waals surface area contributed by atoms with Gasteiger partial charge >= 0.3 is 5.97 Å². The van der Waals surface area contributed by atoms with E-state index in [2.05, 4.69) is 17.2 Å². The SMILES string of the molecule is CCCCOC(=O)/C(=C/c1ccccc1)n1nnc2ccccc21. The third-order valence-corrected chi connectivity index (χ3v) is 3.62. The van der Waals surface area contributed by atoms with Crippen LogP contribution in [0.1, 0.15) is 25.3 Å². The molecule has 0 bridgehead atoms. The summed E-state index contributed by atoms with van der Waals surface area (Å²) in [4.78, 5) is 12.6. The Hall–Kier alpha value is -2.95. The Bertz CT molecular complexity index is 853. The van der Waals surface area contributed by atoms with Gasteiger partial charge in [0.15, 0.2) is 5.70 Å². The predicted octanol–water partition coefficient (Wildman–Crippen LogP) is 3.77. The summed E-state index contributed by atoms with van der Waals surface area (Å²) in [7, 11) is 0. The van der Waals surface area contributed by atoms with Gasteiger partial charge in [0, 0.05) is 0 Å². The number of carbonyl (C=O) groups is 1. The summed E-state index contributed by atoms with van der Waals surface area (Å²) < 4.78 is 6.93. The highest BCUT2D eigenvalue weighted by molar-refractivity contribution is 6.16. The molecule has 122 valence electrons. The first-order valence-corrected chi connectivity index (χ1v) is 8.04. The van der Waals surface area contributed by atoms with E-state index in [4.69, 9.17) is 4.74 Å². The maximum atomic E-state index is 12.6. The minimum Gasteiger partial charge on any atom is -0.461 e. The van der Waals surface area contributed by atoms with Crippen molar-refractivity contribution in [3.05, 3.63) is 60.2 Å². The number of fused-ring (bicyclic) bond motifs is 1. The average molecular weight is 321 g/mol. The molecule has 0 unspecified atom stereocenters. The van der Waals surface area contributed by atoms with Crippen LogP contribution in [0.3, 0.4) is 0 Å². The van der Waals surface area contributed by atoms with Gasteiger partial charge in [-0.3, -0.25) is 0 Å². The summed E-state index contributed by atoms with van der Waals surface area (Å²) in [5.74, 6) is -0.400. The van der Waals surface area contributed by atoms with Gasteiger partial charge in [-0.1, -0.05) is 61.0 Å². The number of carbonyl (C=O) groups excluding carboxylic acids is 1. The Morgan fingerprint density at radius 3 is 2.67 bits per heavy atom. The monoisotopic (exact) mass is 321 g/mol. The lowest BCUT2D eigenvalue weighted by Gasteiger charge is -2.09. The molecule has 24 heavy (non-hydrogen) atoms. The molecular weight excluding hydrogens is 302 g/mol. The Kier molecular flexibility index (Phi) is 5.01. The Morgan fingerprint density at radius 1 is 1.12 bits per heavy atom. The number of ether oxygens (including phenoxy) is 1. The zero-order valence-corrected chi connectivity index (χ0v) is 13.6. The van der Waals surface area contributed by atoms with Gasteiger partial charge in [0.05, 0.1) is 12.1 Å². The third kappa shape index (κ3) is 3.51. The molecule has 0 spiro atoms. The first kappa shape index (κ1) is 15.9. The molecule has 5 heteroatoms. The first-order valence-electron chi connectivity index (χ1n) is 8.04. The number of esters is 1. The lowest BCUT2D eigenvalue weighted by molar-refractivity contribution is -0.137. The number of hydrogen-bond donors (Lipinski definition) is 0. The van der Waals surface area contributed by atoms with E-state index in [1.54, 1.807) is 6.08 Å². The van der Waals surface area contributed by atoms with Crippen LogP contribution < -0.4 is 0 Å². The number of aromatic nitrogens is 3. The smallest absolute Gasteiger partial charge is 0.357 e. The van der Waals surface area contributed by atoms with E-state index in [0.29, 0.717) is 12.3 Å². The number of nitrogens with zero attached hydrogens (tertiary/aromatic N) is 3. The summed E-state index contributed by atoms with van der Waals surface area (Å²) in [5.41, 5.74) is 2.76. The predicted molar refractivity (Wildman–Crippen MR) is 94.0 cm³/mol. The molecule has 3 rings (SSSR count). The number of hydrogen-bond acceptors (Lipinski definition) is 4. The molecule has 0 saturated heterocycles. The molecule has 2 aromatic carbocycles. The zero-order valence-electron chi connectivity index (χ0n) is 13.6. The van der Waals surface area contributed by atoms with E-state index in [0.717, 1.165) is 29.4 Å². The molecule has 0 amide bonds. The highest BCUT2D eigenvalue weighted by Crippen LogP contribution is 2.19. The normalized spacial score (nSPS) is 11.6. The molecule has 5 nitrogen and oxygen atoms in total. The van der Waals surface area contributed by atoms with Crippen molar-refractivity contribution < 1.29 is 9.53 Å². The van der Waals surface area contributed by atoms with Crippen molar-refractivity contribution in [3.8, 4) is 0 Å². The van der Waals surface area contributed by atoms with Gasteiger partial charge in [0.25, 0.3) is 0 Å². The maximum absolute atomic E-state index is 12.6. The van der Waals surface area contributed by atoms with Gasteiger partial charge in [0.2, 0.25) is 0 Å². The van der Waals surface area contributed by atoms with Crippen LogP contribution in [0.5, 0.6) is 0 Å². The lowest BCUT2D eigenvalue weighted by Crippen LogP contribution is -2.14. The van der Waals surface area contributed by atoms with Crippen LogP contribution in [0.2, 0.25) is 0 Å². The van der Waals surface area contributed by atoms with Gasteiger partial charge < -0.3 is 4.74 Å². The van der Waals surface area contributed by atoms with Crippen molar-refractivity contribution in [2.24, 2.45) is 0 Å². The molecule has 0 aliphatic heterocycles. The third-order valence-electron chi connectivity index (χ3n) is 3.62. The van der Waals surface area contributed by atoms with Gasteiger partial charge in [-0.25, -0.2) is 9.48 Å². The number of para-hydroxylation sites is 1. The van der Waals surface area contributed by atoms with E-state index in [9.17, 15) is 4.79 Å². The molecule has 1 heterocycles. The molecule has 0 atom stereocenters. The van der Waals surface area contributed by atoms with Crippen molar-refractivity contribution in [2.45, 2.75) is 19.8 Å². The second-order valence-corrected chi connectivity index (χ2v) is 5.42. The highest BCUT2D eigenvalue weighted by atomic mass is 16.5. The summed E-state index contributed by atoms with van der Waals surface area (Å²) in [6.45, 7) is 2.45. The molecule has 0 fully saturated rings. The van der Waals surface area contributed by atoms with Crippen LogP contribution in [0.15, 0.2) is 54.6 Å². The second kappa shape index (κ2) is 7.55. The van der Waals surface area contributed by atoms with E-state index in [1.807, 2.05) is 54.6 Å². The average Bonchev–Trinajstić information content (AvgIpc) is 3.04. The van der Waals surface area contributed by atoms with Gasteiger partial charge in [-0.15, -0.1) is 5.10 Å². The van der Waals surface area contributed by atoms with Crippen LogP contribution in [-0.4, -0.2) is 27.6 Å². The summed E-state index contributed by atoms with van der Waals surface area (Å²) in [5, 5.41) is 8.26. The van der Waals surface area contributed by atoms with Crippen molar-refractivity contribution in [2.75, 3.05) is 6.61 Å². The van der Waals surface area contributed by atoms with E-state index in [1.165, 1.54) is 4.68 Å². The first-order chi connectivity index (χ1) is 11.8. The second-order valence-electron chi connectivity index (χ2n) is 5.42. The molecule has 0 aliphatic carbocycles. The van der Waals surface area contributed by atoms with Crippen molar-refractivity contribution in [1.82, 2.24) is 15.0 Å². The van der Waals surface area contributed by atoms with Gasteiger partial charge in [0.1, 0.15) is 5.52 Å². The molecule has 3 aromatic rings. The number of benzene rings is 2. The lowest BCUT2D eigenvalue weighted by atomic mass is 10.2. The number of rotatable bonds is 6. The molecule has 0 radical (unpaired) electrons. The number of unbranched alkanes of at least 4 members (excludes halogenated alkanes) is 1. The standard InChI is InChI=1S/C19H19N3O2/c1-2-3-13-24-19(23)18(14-15-9-5-4-6-10-15)22-17-12-8-7-11-16(17)20-21-22/h4-12,14H,2-3,13H2,1H3/b18-14-. The summed E-state index contributed by atoms with van der Waals surface area (Å²) >= 11 is 0. The highest BCUT2D eigenvalue weighted by Gasteiger charge is 2.17. The van der Waals surface area contributed by atoms with E-state index in [-0.39, 0.29) is 0 Å². The van der Waals surface area contributed by atoms with Crippen molar-refractivity contribution in [1.29, 1.82) is 0 Å². The summed E-state index contributed by atoms with van der Waals surface area (Å²) in [6.07, 6.45) is 3.58. The summed E-state index contributed by atoms with van der Waals surface area (Å²) in [6, 6.07) is 17.2. The fraction of sp³-hybridized carbons (Fsp3) is 0.211. The Labute approximate surface area is 140 Å². The fourth-order valence-corrected chi connectivity index (χ4v) is 2.34. The molecule has 0 aliphatic rings. The molecule has 1 aromatic heterocycles. The minimum absolute atomic E-state index is 0.353. The molecule has 0 N–H and O–H groups in total. The van der Waals surface area contributed by atoms with Crippen LogP contribution in [-0.2, 0) is 9.53 Å². The van der Waals surface area contributed by atoms with Crippen LogP contribution in [0.4, 0.5) is 0 Å². The van der Waals surface area contributed by atoms with Gasteiger partial charge in [-0.05, 0) is 30.2 Å². The van der Waals surface area contributed by atoms with Crippen LogP contribution in [0.25, 0.3) is 22.8 Å². The minimum atomic E-state index is -0.400. The van der Waals surface area contributed by atoms with Crippen molar-refractivity contribution in [3.63, 3.8) is 0 Å². The Balaban J connectivity index is 2.01. The quantitative estimate of drug-likeness (QED) is 0.394. The largest absolute Gasteiger partial charge is 0.461 e. The van der Waals surface area contributed by atoms with E-state index >= 15 is 0 Å². The molecular formula is C19H19N3O2. The fourth-order valence-electron chi connectivity index (χ4n) is 2.34. The van der Waals surface area contributed by atoms with Crippen molar-refractivity contribution >= 4 is 28.8 Å². The van der Waals surface area contributed by atoms with Crippen LogP contribution in [0, 0.1) is 0 Å². The zero-order chi connectivity index (χ0) is 16.8. The topological polar surface area (TPSA) is 57.0 Å². The Morgan fingerprint density at radius 2 is 1.88 bits per heavy atom. The maximum Gasteiger partial charge on any atom is 0.357 e.